The Morgan fingerprint density at radius 1 is 0.405 bits per heavy atom. The van der Waals surface area contributed by atoms with Gasteiger partial charge in [0, 0.05) is 83.1 Å². The second-order valence-electron chi connectivity index (χ2n) is 13.4. The minimum atomic E-state index is -0.167. The predicted molar refractivity (Wildman–Crippen MR) is 169 cm³/mol. The Balaban J connectivity index is -0.0000000446. The second-order valence-corrected chi connectivity index (χ2v) is 15.8. The molecule has 0 spiro atoms. The first-order chi connectivity index (χ1) is 15.2. The average molecular weight is 750 g/mol. The van der Waals surface area contributed by atoms with Crippen LogP contribution >= 0.6 is 14.1 Å². The van der Waals surface area contributed by atoms with Crippen LogP contribution in [0.3, 0.4) is 0 Å². The molecule has 9 heteroatoms. The molecule has 0 saturated carbocycles. The maximum Gasteiger partial charge on any atom is 4.00 e. The van der Waals surface area contributed by atoms with E-state index in [2.05, 4.69) is 47.7 Å². The molecule has 4 nitrogen and oxygen atoms in total. The first-order valence-corrected chi connectivity index (χ1v) is 14.5. The summed E-state index contributed by atoms with van der Waals surface area (Å²) in [5.41, 5.74) is -0.667. The Morgan fingerprint density at radius 3 is 0.432 bits per heavy atom. The van der Waals surface area contributed by atoms with Gasteiger partial charge in [-0.1, -0.05) is 41.5 Å². The summed E-state index contributed by atoms with van der Waals surface area (Å²) < 4.78 is 0.167. The molecule has 0 bridgehead atoms. The van der Waals surface area contributed by atoms with Crippen LogP contribution in [0, 0.1) is 26.3 Å². The normalized spacial score (nSPS) is 10.1. The summed E-state index contributed by atoms with van der Waals surface area (Å²) in [5.74, 6) is 0. The van der Waals surface area contributed by atoms with E-state index >= 15 is 0 Å². The Morgan fingerprint density at radius 2 is 0.432 bits per heavy atom. The largest absolute Gasteiger partial charge is 4.00 e. The zero-order valence-electron chi connectivity index (χ0n) is 26.7. The fraction of sp³-hybridized carbons (Fsp3) is 0.857. The molecular formula is C28H54BrCuMoN4S2+2. The van der Waals surface area contributed by atoms with Crippen molar-refractivity contribution in [3.05, 3.63) is 45.7 Å². The summed E-state index contributed by atoms with van der Waals surface area (Å²) in [4.78, 5) is 13.1. The molecule has 0 radical (unpaired) electrons. The molecule has 0 N–H and O–H groups in total. The first kappa shape index (κ1) is 57.3. The van der Waals surface area contributed by atoms with Gasteiger partial charge in [-0.25, -0.2) is 26.3 Å². The summed E-state index contributed by atoms with van der Waals surface area (Å²) in [6.45, 7) is 60.6. The van der Waals surface area contributed by atoms with Gasteiger partial charge >= 0.3 is 49.4 Å². The molecule has 0 aliphatic carbocycles. The Hall–Kier alpha value is 0.348. The molecule has 37 heavy (non-hydrogen) atoms. The van der Waals surface area contributed by atoms with Crippen LogP contribution in [0.25, 0.3) is 19.4 Å². The van der Waals surface area contributed by atoms with E-state index in [4.69, 9.17) is 51.5 Å². The fourth-order valence-electron chi connectivity index (χ4n) is 0. The molecule has 0 fully saturated rings. The van der Waals surface area contributed by atoms with E-state index in [1.807, 2.05) is 125 Å². The van der Waals surface area contributed by atoms with Crippen LogP contribution in [-0.4, -0.2) is 31.6 Å². The molecule has 0 amide bonds. The SMILES string of the molecule is CC(C)(C)[S-].CC(C)(C)[S-].[C-]#[N+]C(C)(C)C.[C-]#[N+]C(C)(C)C.[C-]#[N+]C(C)(C)C.[C-]#[N+]C(C)(C)C.[Cu][Br].[Mo+4]. The quantitative estimate of drug-likeness (QED) is 0.139. The smallest absolute Gasteiger partial charge is 4.00 e. The van der Waals surface area contributed by atoms with Crippen LogP contribution in [0.5, 0.6) is 0 Å². The minimum Gasteiger partial charge on any atom is 4.00 e. The van der Waals surface area contributed by atoms with Gasteiger partial charge in [0.05, 0.1) is 0 Å². The monoisotopic (exact) mass is 750 g/mol. The van der Waals surface area contributed by atoms with Crippen molar-refractivity contribution in [1.82, 2.24) is 0 Å². The third-order valence-electron chi connectivity index (χ3n) is 1.34. The van der Waals surface area contributed by atoms with E-state index in [9.17, 15) is 0 Å². The van der Waals surface area contributed by atoms with E-state index in [0.29, 0.717) is 0 Å². The molecule has 0 aromatic rings. The summed E-state index contributed by atoms with van der Waals surface area (Å²) in [6.07, 6.45) is 0. The van der Waals surface area contributed by atoms with E-state index < -0.39 is 0 Å². The average Bonchev–Trinajstić information content (AvgIpc) is 2.60. The minimum absolute atomic E-state index is 0. The van der Waals surface area contributed by atoms with Crippen molar-refractivity contribution in [2.24, 2.45) is 0 Å². The molecule has 0 heterocycles. The summed E-state index contributed by atoms with van der Waals surface area (Å²) >= 11 is 16.2. The van der Waals surface area contributed by atoms with Crippen LogP contribution in [0.1, 0.15) is 125 Å². The molecule has 0 aliphatic rings. The van der Waals surface area contributed by atoms with Crippen LogP contribution in [0.4, 0.5) is 0 Å². The standard InChI is InChI=1S/4C5H9N.2C4H10S.BrH.Cu.Mo/c4*1-5(2,3)6-4;2*1-4(2,3)5;;;/h4*1-3H3;2*5H,1-3H3;1H;;/q;;;;;;;+1;+4/p-3. The van der Waals surface area contributed by atoms with E-state index in [1.165, 1.54) is 0 Å². The Labute approximate surface area is 274 Å². The molecule has 0 aromatic heterocycles. The third-order valence-corrected chi connectivity index (χ3v) is 1.34. The van der Waals surface area contributed by atoms with Crippen molar-refractivity contribution < 1.29 is 35.3 Å². The number of halogens is 1. The topological polar surface area (TPSA) is 17.4 Å². The predicted octanol–water partition coefficient (Wildman–Crippen LogP) is 10.3. The number of rotatable bonds is 0. The number of hydrogen-bond donors (Lipinski definition) is 0. The number of hydrogen-bond acceptors (Lipinski definition) is 2. The number of nitrogens with zero attached hydrogens (tertiary/aromatic N) is 4. The van der Waals surface area contributed by atoms with Gasteiger partial charge in [0.2, 0.25) is 22.2 Å². The van der Waals surface area contributed by atoms with E-state index in [-0.39, 0.29) is 52.7 Å². The fourth-order valence-corrected chi connectivity index (χ4v) is 0. The molecule has 0 atom stereocenters. The molecule has 0 rings (SSSR count). The Bertz CT molecular complexity index is 542. The van der Waals surface area contributed by atoms with Gasteiger partial charge in [0.25, 0.3) is 0 Å². The van der Waals surface area contributed by atoms with Crippen molar-refractivity contribution in [3.63, 3.8) is 0 Å². The summed E-state index contributed by atoms with van der Waals surface area (Å²) in [6, 6.07) is 0. The van der Waals surface area contributed by atoms with Gasteiger partial charge in [-0.15, -0.1) is 0 Å². The van der Waals surface area contributed by atoms with E-state index in [1.54, 1.807) is 0 Å². The summed E-state index contributed by atoms with van der Waals surface area (Å²) in [7, 11) is 0. The van der Waals surface area contributed by atoms with Gasteiger partial charge in [-0.3, -0.25) is 0 Å². The van der Waals surface area contributed by atoms with Crippen LogP contribution in [-0.2, 0) is 60.5 Å². The summed E-state index contributed by atoms with van der Waals surface area (Å²) in [5, 5.41) is 0. The molecular weight excluding hydrogens is 696 g/mol. The van der Waals surface area contributed by atoms with Crippen LogP contribution < -0.4 is 0 Å². The zero-order valence-corrected chi connectivity index (χ0v) is 32.9. The molecule has 220 valence electrons. The van der Waals surface area contributed by atoms with Crippen molar-refractivity contribution >= 4 is 39.4 Å². The maximum absolute atomic E-state index is 6.48. The first-order valence-electron chi connectivity index (χ1n) is 11.3. The molecule has 0 aromatic carbocycles. The van der Waals surface area contributed by atoms with E-state index in [0.717, 1.165) is 0 Å². The van der Waals surface area contributed by atoms with Gasteiger partial charge in [0.1, 0.15) is 0 Å². The molecule has 0 aliphatic heterocycles. The van der Waals surface area contributed by atoms with Gasteiger partial charge < -0.3 is 44.6 Å². The van der Waals surface area contributed by atoms with Crippen molar-refractivity contribution in [3.8, 4) is 0 Å². The van der Waals surface area contributed by atoms with Crippen molar-refractivity contribution in [2.75, 3.05) is 0 Å². The van der Waals surface area contributed by atoms with Crippen molar-refractivity contribution in [2.45, 2.75) is 156 Å². The zero-order chi connectivity index (χ0) is 31.8. The Kier molecular flexibility index (Phi) is 43.2. The molecule has 0 unspecified atom stereocenters. The van der Waals surface area contributed by atoms with Crippen LogP contribution in [0.15, 0.2) is 0 Å². The maximum atomic E-state index is 6.48. The molecule has 0 saturated heterocycles. The second kappa shape index (κ2) is 27.9. The van der Waals surface area contributed by atoms with Gasteiger partial charge in [-0.05, 0) is 0 Å². The van der Waals surface area contributed by atoms with Crippen LogP contribution in [0.2, 0.25) is 0 Å². The third kappa shape index (κ3) is 281. The van der Waals surface area contributed by atoms with Gasteiger partial charge in [-0.2, -0.15) is 9.49 Å². The van der Waals surface area contributed by atoms with Crippen molar-refractivity contribution in [1.29, 1.82) is 0 Å². The van der Waals surface area contributed by atoms with Gasteiger partial charge in [0.15, 0.2) is 0 Å².